The van der Waals surface area contributed by atoms with Crippen molar-refractivity contribution in [2.24, 2.45) is 0 Å². The van der Waals surface area contributed by atoms with Crippen LogP contribution in [-0.4, -0.2) is 37.0 Å². The van der Waals surface area contributed by atoms with Gasteiger partial charge in [-0.25, -0.2) is 0 Å². The first kappa shape index (κ1) is 24.2. The van der Waals surface area contributed by atoms with Crippen LogP contribution in [0.4, 0.5) is 0 Å². The fraction of sp³-hybridized carbons (Fsp3) is 0.864. The Labute approximate surface area is 157 Å². The highest BCUT2D eigenvalue weighted by molar-refractivity contribution is 5.86. The number of amides is 1. The van der Waals surface area contributed by atoms with E-state index >= 15 is 0 Å². The molecule has 3 heteroatoms. The van der Waals surface area contributed by atoms with Crippen LogP contribution in [0.2, 0.25) is 0 Å². The normalized spacial score (nSPS) is 11.0. The van der Waals surface area contributed by atoms with Crippen LogP contribution in [0.5, 0.6) is 0 Å². The van der Waals surface area contributed by atoms with Crippen molar-refractivity contribution in [2.45, 2.75) is 97.3 Å². The van der Waals surface area contributed by atoms with Crippen molar-refractivity contribution in [3.63, 3.8) is 0 Å². The molecule has 148 valence electrons. The minimum Gasteiger partial charge on any atom is -0.353 e. The first-order chi connectivity index (χ1) is 12.2. The molecule has 0 aromatic rings. The average molecular weight is 353 g/mol. The number of rotatable bonds is 19. The van der Waals surface area contributed by atoms with E-state index in [1.807, 2.05) is 0 Å². The van der Waals surface area contributed by atoms with Crippen LogP contribution in [0.25, 0.3) is 0 Å². The summed E-state index contributed by atoms with van der Waals surface area (Å²) >= 11 is 0. The second kappa shape index (κ2) is 19.5. The van der Waals surface area contributed by atoms with E-state index < -0.39 is 0 Å². The van der Waals surface area contributed by atoms with Crippen molar-refractivity contribution < 1.29 is 4.79 Å². The first-order valence-corrected chi connectivity index (χ1v) is 10.9. The lowest BCUT2D eigenvalue weighted by atomic mass is 10.1. The zero-order chi connectivity index (χ0) is 18.6. The predicted octanol–water partition coefficient (Wildman–Crippen LogP) is 5.70. The van der Waals surface area contributed by atoms with E-state index in [0.29, 0.717) is 0 Å². The van der Waals surface area contributed by atoms with Crippen molar-refractivity contribution in [1.29, 1.82) is 0 Å². The van der Waals surface area contributed by atoms with E-state index in [4.69, 9.17) is 0 Å². The SMILES string of the molecule is C=CC(=O)NCCCN(CCCCCCCC)CCCCCCCC. The standard InChI is InChI=1S/C22H44N2O/c1-4-7-9-11-13-15-19-24(20-16-14-12-10-8-5-2)21-17-18-23-22(25)6-3/h6H,3-5,7-21H2,1-2H3,(H,23,25). The highest BCUT2D eigenvalue weighted by Crippen LogP contribution is 2.09. The van der Waals surface area contributed by atoms with E-state index in [-0.39, 0.29) is 5.91 Å². The van der Waals surface area contributed by atoms with Gasteiger partial charge in [-0.3, -0.25) is 4.79 Å². The van der Waals surface area contributed by atoms with Gasteiger partial charge in [0.2, 0.25) is 5.91 Å². The Hall–Kier alpha value is -0.830. The predicted molar refractivity (Wildman–Crippen MR) is 111 cm³/mol. The largest absolute Gasteiger partial charge is 0.353 e. The van der Waals surface area contributed by atoms with Gasteiger partial charge in [-0.15, -0.1) is 0 Å². The van der Waals surface area contributed by atoms with Crippen LogP contribution >= 0.6 is 0 Å². The van der Waals surface area contributed by atoms with Crippen molar-refractivity contribution >= 4 is 5.91 Å². The molecule has 1 N–H and O–H groups in total. The first-order valence-electron chi connectivity index (χ1n) is 10.9. The third-order valence-electron chi connectivity index (χ3n) is 4.79. The molecule has 0 bridgehead atoms. The van der Waals surface area contributed by atoms with Gasteiger partial charge in [-0.2, -0.15) is 0 Å². The molecule has 0 saturated carbocycles. The molecule has 1 amide bonds. The number of carbonyl (C=O) groups is 1. The topological polar surface area (TPSA) is 32.3 Å². The maximum atomic E-state index is 11.2. The summed E-state index contributed by atoms with van der Waals surface area (Å²) in [5.41, 5.74) is 0. The van der Waals surface area contributed by atoms with Gasteiger partial charge in [0.25, 0.3) is 0 Å². The molecule has 0 aliphatic heterocycles. The Kier molecular flexibility index (Phi) is 18.8. The second-order valence-corrected chi connectivity index (χ2v) is 7.23. The van der Waals surface area contributed by atoms with Gasteiger partial charge < -0.3 is 10.2 Å². The van der Waals surface area contributed by atoms with Crippen molar-refractivity contribution in [3.05, 3.63) is 12.7 Å². The van der Waals surface area contributed by atoms with E-state index in [0.717, 1.165) is 19.5 Å². The zero-order valence-corrected chi connectivity index (χ0v) is 17.2. The van der Waals surface area contributed by atoms with Gasteiger partial charge in [0.15, 0.2) is 0 Å². The fourth-order valence-electron chi connectivity index (χ4n) is 3.15. The van der Waals surface area contributed by atoms with Gasteiger partial charge in [0.05, 0.1) is 0 Å². The lowest BCUT2D eigenvalue weighted by molar-refractivity contribution is -0.116. The molecule has 0 radical (unpaired) electrons. The minimum atomic E-state index is -0.0570. The minimum absolute atomic E-state index is 0.0570. The van der Waals surface area contributed by atoms with Gasteiger partial charge >= 0.3 is 0 Å². The number of carbonyl (C=O) groups excluding carboxylic acids is 1. The molecule has 25 heavy (non-hydrogen) atoms. The van der Waals surface area contributed by atoms with Gasteiger partial charge in [0, 0.05) is 6.54 Å². The quantitative estimate of drug-likeness (QED) is 0.239. The van der Waals surface area contributed by atoms with E-state index in [1.54, 1.807) is 0 Å². The molecule has 0 aliphatic rings. The lowest BCUT2D eigenvalue weighted by Crippen LogP contribution is -2.30. The van der Waals surface area contributed by atoms with Crippen LogP contribution in [0.3, 0.4) is 0 Å². The smallest absolute Gasteiger partial charge is 0.243 e. The van der Waals surface area contributed by atoms with E-state index in [1.165, 1.54) is 96.2 Å². The third-order valence-corrected chi connectivity index (χ3v) is 4.79. The van der Waals surface area contributed by atoms with Crippen molar-refractivity contribution in [3.8, 4) is 0 Å². The Bertz CT molecular complexity index is 288. The van der Waals surface area contributed by atoms with E-state index in [2.05, 4.69) is 30.6 Å². The van der Waals surface area contributed by atoms with Gasteiger partial charge in [-0.1, -0.05) is 84.6 Å². The van der Waals surface area contributed by atoms with Crippen LogP contribution < -0.4 is 5.32 Å². The molecular formula is C22H44N2O. The molecule has 0 unspecified atom stereocenters. The maximum absolute atomic E-state index is 11.2. The summed E-state index contributed by atoms with van der Waals surface area (Å²) in [7, 11) is 0. The highest BCUT2D eigenvalue weighted by atomic mass is 16.1. The van der Waals surface area contributed by atoms with Crippen LogP contribution in [0.15, 0.2) is 12.7 Å². The van der Waals surface area contributed by atoms with Crippen molar-refractivity contribution in [2.75, 3.05) is 26.2 Å². The van der Waals surface area contributed by atoms with Gasteiger partial charge in [0.1, 0.15) is 0 Å². The zero-order valence-electron chi connectivity index (χ0n) is 17.2. The number of hydrogen-bond donors (Lipinski definition) is 1. The summed E-state index contributed by atoms with van der Waals surface area (Å²) in [6.07, 6.45) is 18.7. The summed E-state index contributed by atoms with van der Waals surface area (Å²) in [6.45, 7) is 12.3. The maximum Gasteiger partial charge on any atom is 0.243 e. The van der Waals surface area contributed by atoms with Crippen LogP contribution in [-0.2, 0) is 4.79 Å². The number of hydrogen-bond acceptors (Lipinski definition) is 2. The molecule has 0 aromatic heterocycles. The van der Waals surface area contributed by atoms with Crippen molar-refractivity contribution in [1.82, 2.24) is 10.2 Å². The third kappa shape index (κ3) is 17.8. The molecule has 0 rings (SSSR count). The van der Waals surface area contributed by atoms with Crippen LogP contribution in [0.1, 0.15) is 97.3 Å². The Morgan fingerprint density at radius 2 is 1.20 bits per heavy atom. The fourth-order valence-corrected chi connectivity index (χ4v) is 3.15. The highest BCUT2D eigenvalue weighted by Gasteiger charge is 2.05. The Morgan fingerprint density at radius 1 is 0.760 bits per heavy atom. The summed E-state index contributed by atoms with van der Waals surface area (Å²) in [6, 6.07) is 0. The number of nitrogens with zero attached hydrogens (tertiary/aromatic N) is 1. The Balaban J connectivity index is 3.87. The van der Waals surface area contributed by atoms with Crippen LogP contribution in [0, 0.1) is 0 Å². The summed E-state index contributed by atoms with van der Waals surface area (Å²) in [5.74, 6) is -0.0570. The molecule has 0 fully saturated rings. The number of nitrogens with one attached hydrogen (secondary N) is 1. The molecule has 0 aliphatic carbocycles. The Morgan fingerprint density at radius 3 is 1.68 bits per heavy atom. The average Bonchev–Trinajstić information content (AvgIpc) is 2.63. The lowest BCUT2D eigenvalue weighted by Gasteiger charge is -2.22. The molecular weight excluding hydrogens is 308 g/mol. The monoisotopic (exact) mass is 352 g/mol. The summed E-state index contributed by atoms with van der Waals surface area (Å²) in [4.78, 5) is 13.8. The molecule has 0 saturated heterocycles. The molecule has 0 spiro atoms. The summed E-state index contributed by atoms with van der Waals surface area (Å²) in [5, 5.41) is 2.88. The number of unbranched alkanes of at least 4 members (excludes halogenated alkanes) is 10. The molecule has 0 aromatic carbocycles. The molecule has 3 nitrogen and oxygen atoms in total. The second-order valence-electron chi connectivity index (χ2n) is 7.23. The summed E-state index contributed by atoms with van der Waals surface area (Å²) < 4.78 is 0. The molecule has 0 heterocycles. The van der Waals surface area contributed by atoms with E-state index in [9.17, 15) is 4.79 Å². The molecule has 0 atom stereocenters. The van der Waals surface area contributed by atoms with Gasteiger partial charge in [-0.05, 0) is 45.0 Å².